The van der Waals surface area contributed by atoms with Crippen molar-refractivity contribution in [1.29, 1.82) is 0 Å². The second-order valence-electron chi connectivity index (χ2n) is 2.97. The molecular formula is C9H14ClN3O2. The van der Waals surface area contributed by atoms with Crippen LogP contribution in [0, 0.1) is 0 Å². The van der Waals surface area contributed by atoms with E-state index in [9.17, 15) is 0 Å². The predicted octanol–water partition coefficient (Wildman–Crippen LogP) is 1.52. The summed E-state index contributed by atoms with van der Waals surface area (Å²) in [4.78, 5) is 7.62. The minimum Gasteiger partial charge on any atom is -0.471 e. The molecule has 0 spiro atoms. The second-order valence-corrected chi connectivity index (χ2v) is 3.34. The van der Waals surface area contributed by atoms with E-state index in [1.807, 2.05) is 13.8 Å². The molecule has 1 atom stereocenters. The molecule has 1 unspecified atom stereocenters. The van der Waals surface area contributed by atoms with E-state index in [-0.39, 0.29) is 22.8 Å². The molecule has 0 radical (unpaired) electrons. The largest absolute Gasteiger partial charge is 0.471 e. The van der Waals surface area contributed by atoms with Crippen LogP contribution in [0.25, 0.3) is 0 Å². The Morgan fingerprint density at radius 2 is 2.27 bits per heavy atom. The summed E-state index contributed by atoms with van der Waals surface area (Å²) in [5, 5.41) is 0.237. The fourth-order valence-corrected chi connectivity index (χ4v) is 1.10. The van der Waals surface area contributed by atoms with Crippen LogP contribution in [0.3, 0.4) is 0 Å². The van der Waals surface area contributed by atoms with Gasteiger partial charge >= 0.3 is 0 Å². The number of nitrogens with two attached hydrogens (primary N) is 1. The van der Waals surface area contributed by atoms with Crippen LogP contribution in [0.5, 0.6) is 5.88 Å². The molecule has 1 aromatic heterocycles. The van der Waals surface area contributed by atoms with Gasteiger partial charge in [0.05, 0.1) is 6.61 Å². The first-order valence-electron chi connectivity index (χ1n) is 4.65. The SMILES string of the molecule is CCOCC(C)Oc1ncnc(N)c1Cl. The topological polar surface area (TPSA) is 70.3 Å². The predicted molar refractivity (Wildman–Crippen MR) is 58.0 cm³/mol. The van der Waals surface area contributed by atoms with Crippen molar-refractivity contribution in [2.75, 3.05) is 18.9 Å². The summed E-state index contributed by atoms with van der Waals surface area (Å²) in [6.45, 7) is 4.91. The smallest absolute Gasteiger partial charge is 0.238 e. The summed E-state index contributed by atoms with van der Waals surface area (Å²) in [7, 11) is 0. The highest BCUT2D eigenvalue weighted by Gasteiger charge is 2.11. The summed E-state index contributed by atoms with van der Waals surface area (Å²) in [5.74, 6) is 0.502. The van der Waals surface area contributed by atoms with E-state index >= 15 is 0 Å². The summed E-state index contributed by atoms with van der Waals surface area (Å²) in [6, 6.07) is 0. The third-order valence-electron chi connectivity index (χ3n) is 1.65. The molecule has 0 fully saturated rings. The molecule has 5 nitrogen and oxygen atoms in total. The molecule has 0 aliphatic heterocycles. The minimum atomic E-state index is -0.128. The lowest BCUT2D eigenvalue weighted by molar-refractivity contribution is 0.0634. The lowest BCUT2D eigenvalue weighted by Gasteiger charge is -2.14. The number of aromatic nitrogens is 2. The molecule has 15 heavy (non-hydrogen) atoms. The molecule has 2 N–H and O–H groups in total. The highest BCUT2D eigenvalue weighted by atomic mass is 35.5. The van der Waals surface area contributed by atoms with Crippen molar-refractivity contribution in [2.24, 2.45) is 0 Å². The number of hydrogen-bond acceptors (Lipinski definition) is 5. The normalized spacial score (nSPS) is 12.5. The van der Waals surface area contributed by atoms with E-state index in [1.54, 1.807) is 0 Å². The highest BCUT2D eigenvalue weighted by Crippen LogP contribution is 2.26. The third-order valence-corrected chi connectivity index (χ3v) is 2.01. The lowest BCUT2D eigenvalue weighted by atomic mass is 10.4. The summed E-state index contributed by atoms with van der Waals surface area (Å²) in [6.07, 6.45) is 1.18. The van der Waals surface area contributed by atoms with Crippen molar-refractivity contribution in [2.45, 2.75) is 20.0 Å². The van der Waals surface area contributed by atoms with Gasteiger partial charge in [-0.2, -0.15) is 0 Å². The van der Waals surface area contributed by atoms with Crippen LogP contribution in [0.4, 0.5) is 5.82 Å². The van der Waals surface area contributed by atoms with E-state index in [4.69, 9.17) is 26.8 Å². The van der Waals surface area contributed by atoms with Gasteiger partial charge in [-0.3, -0.25) is 0 Å². The zero-order chi connectivity index (χ0) is 11.3. The quantitative estimate of drug-likeness (QED) is 0.832. The monoisotopic (exact) mass is 231 g/mol. The Morgan fingerprint density at radius 1 is 1.53 bits per heavy atom. The molecular weight excluding hydrogens is 218 g/mol. The number of nitrogens with zero attached hydrogens (tertiary/aromatic N) is 2. The Bertz CT molecular complexity index is 322. The molecule has 1 heterocycles. The van der Waals surface area contributed by atoms with E-state index < -0.39 is 0 Å². The van der Waals surface area contributed by atoms with Crippen molar-refractivity contribution in [3.8, 4) is 5.88 Å². The Labute approximate surface area is 93.6 Å². The molecule has 0 saturated carbocycles. The van der Waals surface area contributed by atoms with Crippen molar-refractivity contribution < 1.29 is 9.47 Å². The molecule has 84 valence electrons. The number of halogens is 1. The van der Waals surface area contributed by atoms with Crippen molar-refractivity contribution >= 4 is 17.4 Å². The van der Waals surface area contributed by atoms with Gasteiger partial charge in [0.25, 0.3) is 0 Å². The van der Waals surface area contributed by atoms with Gasteiger partial charge in [-0.1, -0.05) is 11.6 Å². The van der Waals surface area contributed by atoms with Crippen molar-refractivity contribution in [3.63, 3.8) is 0 Å². The summed E-state index contributed by atoms with van der Waals surface area (Å²) < 4.78 is 10.6. The zero-order valence-corrected chi connectivity index (χ0v) is 9.49. The van der Waals surface area contributed by atoms with Crippen LogP contribution in [0.2, 0.25) is 5.02 Å². The first kappa shape index (κ1) is 12.0. The number of anilines is 1. The number of hydrogen-bond donors (Lipinski definition) is 1. The Balaban J connectivity index is 2.60. The first-order valence-corrected chi connectivity index (χ1v) is 5.03. The number of rotatable bonds is 5. The van der Waals surface area contributed by atoms with E-state index in [2.05, 4.69) is 9.97 Å². The fourth-order valence-electron chi connectivity index (χ4n) is 0.957. The van der Waals surface area contributed by atoms with Crippen LogP contribution in [0.1, 0.15) is 13.8 Å². The van der Waals surface area contributed by atoms with Crippen LogP contribution in [0.15, 0.2) is 6.33 Å². The fraction of sp³-hybridized carbons (Fsp3) is 0.556. The van der Waals surface area contributed by atoms with E-state index in [0.717, 1.165) is 0 Å². The zero-order valence-electron chi connectivity index (χ0n) is 8.74. The molecule has 0 amide bonds. The molecule has 0 saturated heterocycles. The van der Waals surface area contributed by atoms with E-state index in [0.29, 0.717) is 13.2 Å². The van der Waals surface area contributed by atoms with Gasteiger partial charge in [-0.25, -0.2) is 9.97 Å². The Kier molecular flexibility index (Phi) is 4.58. The van der Waals surface area contributed by atoms with Gasteiger partial charge in [0.15, 0.2) is 0 Å². The summed E-state index contributed by atoms with van der Waals surface area (Å²) >= 11 is 5.86. The summed E-state index contributed by atoms with van der Waals surface area (Å²) in [5.41, 5.74) is 5.50. The van der Waals surface area contributed by atoms with Crippen LogP contribution < -0.4 is 10.5 Å². The molecule has 1 rings (SSSR count). The van der Waals surface area contributed by atoms with Crippen molar-refractivity contribution in [1.82, 2.24) is 9.97 Å². The Morgan fingerprint density at radius 3 is 2.93 bits per heavy atom. The van der Waals surface area contributed by atoms with Crippen molar-refractivity contribution in [3.05, 3.63) is 11.3 Å². The van der Waals surface area contributed by atoms with Crippen LogP contribution in [-0.4, -0.2) is 29.3 Å². The molecule has 0 aliphatic rings. The standard InChI is InChI=1S/C9H14ClN3O2/c1-3-14-4-6(2)15-9-7(10)8(11)12-5-13-9/h5-6H,3-4H2,1-2H3,(H2,11,12,13). The van der Waals surface area contributed by atoms with Gasteiger partial charge < -0.3 is 15.2 Å². The Hall–Kier alpha value is -1.07. The van der Waals surface area contributed by atoms with Gasteiger partial charge in [-0.05, 0) is 13.8 Å². The molecule has 6 heteroatoms. The first-order chi connectivity index (χ1) is 7.15. The number of ether oxygens (including phenoxy) is 2. The third kappa shape index (κ3) is 3.53. The minimum absolute atomic E-state index is 0.128. The highest BCUT2D eigenvalue weighted by molar-refractivity contribution is 6.33. The lowest BCUT2D eigenvalue weighted by Crippen LogP contribution is -2.20. The second kappa shape index (κ2) is 5.72. The van der Waals surface area contributed by atoms with Gasteiger partial charge in [0, 0.05) is 6.61 Å². The molecule has 0 bridgehead atoms. The van der Waals surface area contributed by atoms with E-state index in [1.165, 1.54) is 6.33 Å². The molecule has 0 aliphatic carbocycles. The maximum Gasteiger partial charge on any atom is 0.238 e. The van der Waals surface area contributed by atoms with Crippen LogP contribution in [-0.2, 0) is 4.74 Å². The van der Waals surface area contributed by atoms with Crippen LogP contribution >= 0.6 is 11.6 Å². The molecule has 0 aromatic carbocycles. The average Bonchev–Trinajstić information content (AvgIpc) is 2.22. The maximum atomic E-state index is 5.86. The number of nitrogen functional groups attached to an aromatic ring is 1. The average molecular weight is 232 g/mol. The van der Waals surface area contributed by atoms with Gasteiger partial charge in [0.2, 0.25) is 5.88 Å². The van der Waals surface area contributed by atoms with Gasteiger partial charge in [0.1, 0.15) is 23.3 Å². The van der Waals surface area contributed by atoms with Gasteiger partial charge in [-0.15, -0.1) is 0 Å². The molecule has 1 aromatic rings. The maximum absolute atomic E-state index is 5.86.